The molecule has 0 unspecified atom stereocenters. The summed E-state index contributed by atoms with van der Waals surface area (Å²) >= 11 is 0. The molecule has 2 aliphatic rings. The Hall–Kier alpha value is -2.81. The number of hydrogen-bond donors (Lipinski definition) is 3. The molecule has 9 heteroatoms. The third-order valence-electron chi connectivity index (χ3n) is 5.06. The summed E-state index contributed by atoms with van der Waals surface area (Å²) in [6.07, 6.45) is 0.576. The highest BCUT2D eigenvalue weighted by atomic mass is 16.7. The van der Waals surface area contributed by atoms with Gasteiger partial charge < -0.3 is 24.4 Å². The van der Waals surface area contributed by atoms with Gasteiger partial charge in [-0.05, 0) is 19.1 Å². The molecule has 1 atom stereocenters. The number of fused-ring (bicyclic) bond motifs is 1. The van der Waals surface area contributed by atoms with Gasteiger partial charge in [-0.15, -0.1) is 0 Å². The van der Waals surface area contributed by atoms with Crippen LogP contribution in [0.4, 0.5) is 10.5 Å². The zero-order valence-corrected chi connectivity index (χ0v) is 15.4. The number of piperidine rings is 1. The number of quaternary nitrogens is 1. The first-order valence-corrected chi connectivity index (χ1v) is 8.92. The van der Waals surface area contributed by atoms with Crippen LogP contribution in [0.3, 0.4) is 0 Å². The lowest BCUT2D eigenvalue weighted by atomic mass is 9.94. The van der Waals surface area contributed by atoms with Crippen LogP contribution in [0.15, 0.2) is 18.2 Å². The number of carbonyl (C=O) groups excluding carboxylic acids is 3. The lowest BCUT2D eigenvalue weighted by molar-refractivity contribution is -0.919. The Morgan fingerprint density at radius 2 is 1.89 bits per heavy atom. The van der Waals surface area contributed by atoms with Gasteiger partial charge in [-0.25, -0.2) is 4.79 Å². The number of ether oxygens (including phenoxy) is 3. The second-order valence-electron chi connectivity index (χ2n) is 6.69. The molecule has 1 aromatic carbocycles. The Balaban J connectivity index is 1.49. The monoisotopic (exact) mass is 378 g/mol. The van der Waals surface area contributed by atoms with E-state index in [1.807, 2.05) is 0 Å². The number of benzene rings is 1. The number of rotatable bonds is 4. The van der Waals surface area contributed by atoms with Crippen molar-refractivity contribution < 1.29 is 33.5 Å². The second kappa shape index (κ2) is 8.26. The van der Waals surface area contributed by atoms with Crippen LogP contribution in [0, 0.1) is 5.92 Å². The number of imide groups is 1. The highest BCUT2D eigenvalue weighted by Gasteiger charge is 2.33. The molecule has 0 saturated carbocycles. The van der Waals surface area contributed by atoms with Gasteiger partial charge in [-0.3, -0.25) is 14.9 Å². The molecule has 1 saturated heterocycles. The standard InChI is InChI=1S/C18H23N3O6/c1-11(16(22)20-18(24)25-2)21-7-5-12(6-8-21)17(23)19-13-3-4-14-15(9-13)27-10-26-14/h3-4,9,11-12H,5-8,10H2,1-2H3,(H,19,23)(H,20,22,24)/p+1/t11-/m1/s1. The molecular weight excluding hydrogens is 354 g/mol. The molecular formula is C18H24N3O6+. The minimum Gasteiger partial charge on any atom is -0.454 e. The van der Waals surface area contributed by atoms with Crippen molar-refractivity contribution >= 4 is 23.6 Å². The van der Waals surface area contributed by atoms with Gasteiger partial charge in [0.2, 0.25) is 12.7 Å². The van der Waals surface area contributed by atoms with E-state index in [1.165, 1.54) is 7.11 Å². The molecule has 0 bridgehead atoms. The number of carbonyl (C=O) groups is 3. The van der Waals surface area contributed by atoms with Crippen molar-refractivity contribution in [1.29, 1.82) is 0 Å². The van der Waals surface area contributed by atoms with Gasteiger partial charge in [-0.2, -0.15) is 0 Å². The fourth-order valence-corrected chi connectivity index (χ4v) is 3.35. The predicted octanol–water partition coefficient (Wildman–Crippen LogP) is -0.0802. The summed E-state index contributed by atoms with van der Waals surface area (Å²) in [6.45, 7) is 3.31. The van der Waals surface area contributed by atoms with E-state index in [4.69, 9.17) is 9.47 Å². The largest absolute Gasteiger partial charge is 0.454 e. The van der Waals surface area contributed by atoms with Gasteiger partial charge in [0.05, 0.1) is 20.2 Å². The first-order valence-electron chi connectivity index (χ1n) is 8.92. The maximum absolute atomic E-state index is 12.5. The third kappa shape index (κ3) is 4.48. The van der Waals surface area contributed by atoms with Gasteiger partial charge >= 0.3 is 6.09 Å². The first-order chi connectivity index (χ1) is 13.0. The molecule has 3 rings (SSSR count). The molecule has 0 aliphatic carbocycles. The number of alkyl carbamates (subject to hydrolysis) is 1. The molecule has 3 N–H and O–H groups in total. The normalized spacial score (nSPS) is 21.9. The number of hydrogen-bond acceptors (Lipinski definition) is 6. The summed E-state index contributed by atoms with van der Waals surface area (Å²) in [7, 11) is 1.21. The minimum atomic E-state index is -0.760. The topological polar surface area (TPSA) is 107 Å². The van der Waals surface area contributed by atoms with Crippen LogP contribution >= 0.6 is 0 Å². The molecule has 0 radical (unpaired) electrons. The van der Waals surface area contributed by atoms with E-state index in [0.717, 1.165) is 4.90 Å². The maximum atomic E-state index is 12.5. The Kier molecular flexibility index (Phi) is 5.80. The summed E-state index contributed by atoms with van der Waals surface area (Å²) < 4.78 is 15.0. The number of likely N-dealkylation sites (tertiary alicyclic amines) is 1. The zero-order chi connectivity index (χ0) is 19.4. The summed E-state index contributed by atoms with van der Waals surface area (Å²) in [5.74, 6) is 0.761. The molecule has 2 heterocycles. The molecule has 27 heavy (non-hydrogen) atoms. The van der Waals surface area contributed by atoms with Gasteiger partial charge in [0.25, 0.3) is 5.91 Å². The van der Waals surface area contributed by atoms with E-state index < -0.39 is 6.09 Å². The summed E-state index contributed by atoms with van der Waals surface area (Å²) in [5.41, 5.74) is 0.671. The summed E-state index contributed by atoms with van der Waals surface area (Å²) in [5, 5.41) is 5.11. The quantitative estimate of drug-likeness (QED) is 0.677. The van der Waals surface area contributed by atoms with Gasteiger partial charge in [0, 0.05) is 30.5 Å². The van der Waals surface area contributed by atoms with Crippen LogP contribution in [0.2, 0.25) is 0 Å². The van der Waals surface area contributed by atoms with E-state index in [-0.39, 0.29) is 30.6 Å². The SMILES string of the molecule is COC(=O)NC(=O)[C@@H](C)[NH+]1CCC(C(=O)Nc2ccc3c(c2)OCO3)CC1. The molecule has 2 aliphatic heterocycles. The zero-order valence-electron chi connectivity index (χ0n) is 15.4. The van der Waals surface area contributed by atoms with Crippen molar-refractivity contribution in [2.75, 3.05) is 32.3 Å². The highest BCUT2D eigenvalue weighted by molar-refractivity contribution is 5.94. The molecule has 0 aromatic heterocycles. The van der Waals surface area contributed by atoms with Crippen molar-refractivity contribution in [2.24, 2.45) is 5.92 Å². The minimum absolute atomic E-state index is 0.0421. The van der Waals surface area contributed by atoms with E-state index in [0.29, 0.717) is 43.1 Å². The Bertz CT molecular complexity index is 730. The van der Waals surface area contributed by atoms with Crippen LogP contribution < -0.4 is 25.0 Å². The maximum Gasteiger partial charge on any atom is 0.413 e. The number of nitrogens with one attached hydrogen (secondary N) is 3. The van der Waals surface area contributed by atoms with E-state index in [1.54, 1.807) is 25.1 Å². The predicted molar refractivity (Wildman–Crippen MR) is 94.6 cm³/mol. The summed E-state index contributed by atoms with van der Waals surface area (Å²) in [4.78, 5) is 36.8. The summed E-state index contributed by atoms with van der Waals surface area (Å²) in [6, 6.07) is 4.92. The van der Waals surface area contributed by atoms with Gasteiger partial charge in [0.1, 0.15) is 0 Å². The smallest absolute Gasteiger partial charge is 0.413 e. The van der Waals surface area contributed by atoms with Crippen LogP contribution in [-0.4, -0.2) is 50.9 Å². The van der Waals surface area contributed by atoms with Gasteiger partial charge in [0.15, 0.2) is 17.5 Å². The van der Waals surface area contributed by atoms with Crippen molar-refractivity contribution in [3.63, 3.8) is 0 Å². The van der Waals surface area contributed by atoms with Crippen LogP contribution in [0.5, 0.6) is 11.5 Å². The number of amides is 3. The molecule has 9 nitrogen and oxygen atoms in total. The average Bonchev–Trinajstić information content (AvgIpc) is 3.15. The van der Waals surface area contributed by atoms with Crippen LogP contribution in [0.25, 0.3) is 0 Å². The Labute approximate surface area is 156 Å². The fourth-order valence-electron chi connectivity index (χ4n) is 3.35. The van der Waals surface area contributed by atoms with E-state index in [9.17, 15) is 14.4 Å². The second-order valence-corrected chi connectivity index (χ2v) is 6.69. The van der Waals surface area contributed by atoms with E-state index >= 15 is 0 Å². The number of anilines is 1. The lowest BCUT2D eigenvalue weighted by Gasteiger charge is -2.31. The molecule has 1 aromatic rings. The van der Waals surface area contributed by atoms with Crippen LogP contribution in [0.1, 0.15) is 19.8 Å². The molecule has 3 amide bonds. The Morgan fingerprint density at radius 1 is 1.19 bits per heavy atom. The first kappa shape index (κ1) is 19.0. The van der Waals surface area contributed by atoms with Crippen molar-refractivity contribution in [1.82, 2.24) is 5.32 Å². The highest BCUT2D eigenvalue weighted by Crippen LogP contribution is 2.34. The van der Waals surface area contributed by atoms with Crippen molar-refractivity contribution in [3.05, 3.63) is 18.2 Å². The van der Waals surface area contributed by atoms with E-state index in [2.05, 4.69) is 15.4 Å². The average molecular weight is 378 g/mol. The number of methoxy groups -OCH3 is 1. The third-order valence-corrected chi connectivity index (χ3v) is 5.06. The molecule has 0 spiro atoms. The Morgan fingerprint density at radius 3 is 2.59 bits per heavy atom. The van der Waals surface area contributed by atoms with Crippen molar-refractivity contribution in [3.8, 4) is 11.5 Å². The molecule has 1 fully saturated rings. The van der Waals surface area contributed by atoms with Crippen molar-refractivity contribution in [2.45, 2.75) is 25.8 Å². The lowest BCUT2D eigenvalue weighted by Crippen LogP contribution is -3.17. The van der Waals surface area contributed by atoms with Crippen LogP contribution in [-0.2, 0) is 14.3 Å². The van der Waals surface area contributed by atoms with Gasteiger partial charge in [-0.1, -0.05) is 0 Å². The molecule has 146 valence electrons. The fraction of sp³-hybridized carbons (Fsp3) is 0.500.